The van der Waals surface area contributed by atoms with Crippen LogP contribution in [0.3, 0.4) is 0 Å². The van der Waals surface area contributed by atoms with Crippen molar-refractivity contribution in [3.05, 3.63) is 41.0 Å². The molecule has 0 aliphatic heterocycles. The van der Waals surface area contributed by atoms with Crippen molar-refractivity contribution in [3.63, 3.8) is 0 Å². The number of carbonyl (C=O) groups is 2. The quantitative estimate of drug-likeness (QED) is 0.878. The molecule has 0 radical (unpaired) electrons. The smallest absolute Gasteiger partial charge is 0.408 e. The fraction of sp³-hybridized carbons (Fsp3) is 0.353. The number of aromatic nitrogens is 1. The predicted octanol–water partition coefficient (Wildman–Crippen LogP) is 3.77. The minimum atomic E-state index is -1.17. The average molecular weight is 348 g/mol. The Balaban J connectivity index is 2.18. The van der Waals surface area contributed by atoms with E-state index in [1.165, 1.54) is 11.3 Å². The SMILES string of the molecule is Cc1ncsc1-c1ccc(C(NC(=O)OC(C)(C)C)C(=O)O)cc1. The number of carboxylic acid groups (broad SMARTS) is 1. The van der Waals surface area contributed by atoms with Gasteiger partial charge in [-0.1, -0.05) is 24.3 Å². The van der Waals surface area contributed by atoms with Crippen LogP contribution in [0, 0.1) is 6.92 Å². The van der Waals surface area contributed by atoms with Crippen LogP contribution in [0.1, 0.15) is 38.1 Å². The summed E-state index contributed by atoms with van der Waals surface area (Å²) < 4.78 is 5.12. The van der Waals surface area contributed by atoms with Gasteiger partial charge in [0.1, 0.15) is 5.60 Å². The molecular weight excluding hydrogens is 328 g/mol. The third-order valence-electron chi connectivity index (χ3n) is 3.16. The van der Waals surface area contributed by atoms with Crippen molar-refractivity contribution in [2.75, 3.05) is 0 Å². The first-order chi connectivity index (χ1) is 11.2. The van der Waals surface area contributed by atoms with Crippen LogP contribution in [0.4, 0.5) is 4.79 Å². The molecule has 0 aliphatic rings. The summed E-state index contributed by atoms with van der Waals surface area (Å²) in [5, 5.41) is 11.8. The molecule has 2 rings (SSSR count). The molecule has 0 fully saturated rings. The molecule has 1 aromatic carbocycles. The van der Waals surface area contributed by atoms with Crippen molar-refractivity contribution in [2.45, 2.75) is 39.3 Å². The van der Waals surface area contributed by atoms with Gasteiger partial charge in [0.05, 0.1) is 16.1 Å². The fourth-order valence-electron chi connectivity index (χ4n) is 2.12. The summed E-state index contributed by atoms with van der Waals surface area (Å²) in [6.45, 7) is 7.07. The number of aryl methyl sites for hydroxylation is 1. The minimum Gasteiger partial charge on any atom is -0.479 e. The second-order valence-corrected chi connectivity index (χ2v) is 7.16. The zero-order valence-electron chi connectivity index (χ0n) is 14.0. The summed E-state index contributed by atoms with van der Waals surface area (Å²) in [4.78, 5) is 28.6. The molecule has 6 nitrogen and oxygen atoms in total. The largest absolute Gasteiger partial charge is 0.479 e. The Kier molecular flexibility index (Phi) is 5.23. The number of nitrogens with zero attached hydrogens (tertiary/aromatic N) is 1. The topological polar surface area (TPSA) is 88.5 Å². The molecule has 0 spiro atoms. The van der Waals surface area contributed by atoms with Gasteiger partial charge in [-0.3, -0.25) is 0 Å². The van der Waals surface area contributed by atoms with Crippen LogP contribution >= 0.6 is 11.3 Å². The zero-order chi connectivity index (χ0) is 17.9. The van der Waals surface area contributed by atoms with Crippen molar-refractivity contribution in [3.8, 4) is 10.4 Å². The van der Waals surface area contributed by atoms with Gasteiger partial charge in [-0.2, -0.15) is 0 Å². The molecule has 0 saturated heterocycles. The number of carboxylic acids is 1. The average Bonchev–Trinajstić information content (AvgIpc) is 2.89. The number of hydrogen-bond donors (Lipinski definition) is 2. The van der Waals surface area contributed by atoms with E-state index in [9.17, 15) is 14.7 Å². The van der Waals surface area contributed by atoms with Crippen LogP contribution < -0.4 is 5.32 Å². The van der Waals surface area contributed by atoms with Crippen LogP contribution in [0.5, 0.6) is 0 Å². The molecule has 1 atom stereocenters. The van der Waals surface area contributed by atoms with E-state index in [-0.39, 0.29) is 0 Å². The Morgan fingerprint density at radius 2 is 1.88 bits per heavy atom. The van der Waals surface area contributed by atoms with E-state index in [0.717, 1.165) is 16.1 Å². The molecule has 0 aliphatic carbocycles. The van der Waals surface area contributed by atoms with Gasteiger partial charge >= 0.3 is 12.1 Å². The standard InChI is InChI=1S/C17H20N2O4S/c1-10-14(24-9-18-10)12-7-5-11(6-8-12)13(15(20)21)19-16(22)23-17(2,3)4/h5-9,13H,1-4H3,(H,19,22)(H,20,21). The van der Waals surface area contributed by atoms with Gasteiger partial charge in [0.2, 0.25) is 0 Å². The molecule has 0 bridgehead atoms. The lowest BCUT2D eigenvalue weighted by Gasteiger charge is -2.22. The van der Waals surface area contributed by atoms with Crippen LogP contribution in [0.15, 0.2) is 29.8 Å². The molecule has 2 N–H and O–H groups in total. The first kappa shape index (κ1) is 17.9. The molecular formula is C17H20N2O4S. The van der Waals surface area contributed by atoms with Crippen LogP contribution in [0.2, 0.25) is 0 Å². The van der Waals surface area contributed by atoms with Crippen molar-refractivity contribution in [2.24, 2.45) is 0 Å². The van der Waals surface area contributed by atoms with Crippen LogP contribution in [-0.2, 0) is 9.53 Å². The maximum Gasteiger partial charge on any atom is 0.408 e. The number of nitrogens with one attached hydrogen (secondary N) is 1. The third kappa shape index (κ3) is 4.55. The van der Waals surface area contributed by atoms with Gasteiger partial charge in [0.15, 0.2) is 6.04 Å². The van der Waals surface area contributed by atoms with E-state index in [2.05, 4.69) is 10.3 Å². The number of thiazole rings is 1. The highest BCUT2D eigenvalue weighted by molar-refractivity contribution is 7.13. The normalized spacial score (nSPS) is 12.5. The van der Waals surface area contributed by atoms with E-state index in [4.69, 9.17) is 4.74 Å². The summed E-state index contributed by atoms with van der Waals surface area (Å²) in [5.41, 5.74) is 3.43. The Morgan fingerprint density at radius 3 is 2.33 bits per heavy atom. The van der Waals surface area contributed by atoms with Gasteiger partial charge in [-0.05, 0) is 38.8 Å². The number of alkyl carbamates (subject to hydrolysis) is 1. The molecule has 128 valence electrons. The number of ether oxygens (including phenoxy) is 1. The number of hydrogen-bond acceptors (Lipinski definition) is 5. The highest BCUT2D eigenvalue weighted by Gasteiger charge is 2.25. The van der Waals surface area contributed by atoms with E-state index >= 15 is 0 Å². The maximum absolute atomic E-state index is 11.8. The Hall–Kier alpha value is -2.41. The predicted molar refractivity (Wildman–Crippen MR) is 92.0 cm³/mol. The Bertz CT molecular complexity index is 732. The van der Waals surface area contributed by atoms with Gasteiger partial charge in [-0.15, -0.1) is 11.3 Å². The first-order valence-electron chi connectivity index (χ1n) is 7.40. The molecule has 1 aromatic heterocycles. The molecule has 1 heterocycles. The molecule has 0 saturated carbocycles. The highest BCUT2D eigenvalue weighted by atomic mass is 32.1. The second kappa shape index (κ2) is 7.00. The lowest BCUT2D eigenvalue weighted by molar-refractivity contribution is -0.139. The van der Waals surface area contributed by atoms with Gasteiger partial charge in [0, 0.05) is 0 Å². The lowest BCUT2D eigenvalue weighted by atomic mass is 10.0. The van der Waals surface area contributed by atoms with E-state index < -0.39 is 23.7 Å². The molecule has 1 unspecified atom stereocenters. The van der Waals surface area contributed by atoms with Gasteiger partial charge in [0.25, 0.3) is 0 Å². The van der Waals surface area contributed by atoms with Crippen molar-refractivity contribution in [1.82, 2.24) is 10.3 Å². The summed E-state index contributed by atoms with van der Waals surface area (Å²) in [7, 11) is 0. The second-order valence-electron chi connectivity index (χ2n) is 6.31. The first-order valence-corrected chi connectivity index (χ1v) is 8.28. The third-order valence-corrected chi connectivity index (χ3v) is 4.14. The summed E-state index contributed by atoms with van der Waals surface area (Å²) in [6, 6.07) is 5.84. The Labute approximate surface area is 144 Å². The number of amides is 1. The highest BCUT2D eigenvalue weighted by Crippen LogP contribution is 2.28. The lowest BCUT2D eigenvalue weighted by Crippen LogP contribution is -2.38. The van der Waals surface area contributed by atoms with Crippen LogP contribution in [-0.4, -0.2) is 27.8 Å². The monoisotopic (exact) mass is 348 g/mol. The van der Waals surface area contributed by atoms with Crippen molar-refractivity contribution in [1.29, 1.82) is 0 Å². The molecule has 24 heavy (non-hydrogen) atoms. The number of carbonyl (C=O) groups excluding carboxylic acids is 1. The fourth-order valence-corrected chi connectivity index (χ4v) is 2.93. The summed E-state index contributed by atoms with van der Waals surface area (Å²) in [6.07, 6.45) is -0.766. The molecule has 7 heteroatoms. The minimum absolute atomic E-state index is 0.472. The summed E-state index contributed by atoms with van der Waals surface area (Å²) in [5.74, 6) is -1.15. The number of aliphatic carboxylic acids is 1. The number of rotatable bonds is 4. The Morgan fingerprint density at radius 1 is 1.25 bits per heavy atom. The maximum atomic E-state index is 11.8. The van der Waals surface area contributed by atoms with Crippen molar-refractivity contribution < 1.29 is 19.4 Å². The van der Waals surface area contributed by atoms with E-state index in [1.54, 1.807) is 38.4 Å². The van der Waals surface area contributed by atoms with Crippen LogP contribution in [0.25, 0.3) is 10.4 Å². The van der Waals surface area contributed by atoms with E-state index in [0.29, 0.717) is 5.56 Å². The van der Waals surface area contributed by atoms with E-state index in [1.807, 2.05) is 19.1 Å². The van der Waals surface area contributed by atoms with Gasteiger partial charge < -0.3 is 15.2 Å². The van der Waals surface area contributed by atoms with Gasteiger partial charge in [-0.25, -0.2) is 14.6 Å². The van der Waals surface area contributed by atoms with Crippen molar-refractivity contribution >= 4 is 23.4 Å². The number of benzene rings is 1. The zero-order valence-corrected chi connectivity index (χ0v) is 14.8. The summed E-state index contributed by atoms with van der Waals surface area (Å²) >= 11 is 1.52. The molecule has 1 amide bonds. The molecule has 2 aromatic rings.